The molecule has 1 amide bonds. The third-order valence-electron chi connectivity index (χ3n) is 7.03. The predicted molar refractivity (Wildman–Crippen MR) is 129 cm³/mol. The minimum Gasteiger partial charge on any atom is -0.339 e. The molecule has 1 aliphatic carbocycles. The zero-order valence-electron chi connectivity index (χ0n) is 19.1. The molecule has 1 N–H and O–H groups in total. The van der Waals surface area contributed by atoms with Crippen LogP contribution in [0.5, 0.6) is 0 Å². The summed E-state index contributed by atoms with van der Waals surface area (Å²) in [5.41, 5.74) is 5.32. The second-order valence-electron chi connectivity index (χ2n) is 9.56. The van der Waals surface area contributed by atoms with Gasteiger partial charge >= 0.3 is 0 Å². The van der Waals surface area contributed by atoms with Gasteiger partial charge in [-0.3, -0.25) is 14.9 Å². The molecule has 168 valence electrons. The molecule has 32 heavy (non-hydrogen) atoms. The summed E-state index contributed by atoms with van der Waals surface area (Å²) in [5, 5.41) is 8.51. The van der Waals surface area contributed by atoms with Gasteiger partial charge in [-0.15, -0.1) is 0 Å². The first-order valence-electron chi connectivity index (χ1n) is 11.8. The number of carbonyl (C=O) groups is 1. The molecule has 0 spiro atoms. The van der Waals surface area contributed by atoms with Gasteiger partial charge in [-0.1, -0.05) is 11.6 Å². The number of nitrogens with zero attached hydrogens (tertiary/aromatic N) is 4. The van der Waals surface area contributed by atoms with E-state index in [4.69, 9.17) is 17.2 Å². The highest BCUT2D eigenvalue weighted by Gasteiger charge is 2.31. The SMILES string of the molecule is Cc1ccc2nc3c(c(C(=O)N4CCC(c5n[nH]c(=S)n5C(C)C)CC4)c2c1)CCCC3. The summed E-state index contributed by atoms with van der Waals surface area (Å²) in [6.45, 7) is 7.83. The Morgan fingerprint density at radius 1 is 1.19 bits per heavy atom. The van der Waals surface area contributed by atoms with E-state index in [1.165, 1.54) is 11.1 Å². The third-order valence-corrected chi connectivity index (χ3v) is 7.31. The summed E-state index contributed by atoms with van der Waals surface area (Å²) in [4.78, 5) is 20.8. The maximum atomic E-state index is 13.9. The van der Waals surface area contributed by atoms with Crippen molar-refractivity contribution in [3.05, 3.63) is 51.2 Å². The number of rotatable bonds is 3. The lowest BCUT2D eigenvalue weighted by Gasteiger charge is -2.33. The highest BCUT2D eigenvalue weighted by molar-refractivity contribution is 7.71. The molecule has 2 aliphatic rings. The number of H-pyrrole nitrogens is 1. The van der Waals surface area contributed by atoms with Crippen molar-refractivity contribution in [1.82, 2.24) is 24.6 Å². The number of aryl methyl sites for hydroxylation is 2. The van der Waals surface area contributed by atoms with E-state index in [1.54, 1.807) is 0 Å². The Morgan fingerprint density at radius 3 is 2.69 bits per heavy atom. The summed E-state index contributed by atoms with van der Waals surface area (Å²) < 4.78 is 2.80. The Labute approximate surface area is 194 Å². The summed E-state index contributed by atoms with van der Waals surface area (Å²) in [7, 11) is 0. The molecule has 3 heterocycles. The van der Waals surface area contributed by atoms with Crippen LogP contribution in [-0.4, -0.2) is 43.6 Å². The van der Waals surface area contributed by atoms with Gasteiger partial charge in [0.25, 0.3) is 5.91 Å². The second kappa shape index (κ2) is 8.43. The van der Waals surface area contributed by atoms with Crippen LogP contribution in [0.2, 0.25) is 0 Å². The highest BCUT2D eigenvalue weighted by Crippen LogP contribution is 2.33. The molecule has 0 saturated carbocycles. The van der Waals surface area contributed by atoms with E-state index in [9.17, 15) is 4.79 Å². The molecule has 0 atom stereocenters. The Morgan fingerprint density at radius 2 is 1.94 bits per heavy atom. The second-order valence-corrected chi connectivity index (χ2v) is 9.94. The van der Waals surface area contributed by atoms with Crippen LogP contribution in [0.15, 0.2) is 18.2 Å². The van der Waals surface area contributed by atoms with Crippen LogP contribution >= 0.6 is 12.2 Å². The Bertz CT molecular complexity index is 1230. The number of benzene rings is 1. The van der Waals surface area contributed by atoms with Crippen LogP contribution in [-0.2, 0) is 12.8 Å². The number of aromatic nitrogens is 4. The third kappa shape index (κ3) is 3.66. The number of nitrogens with one attached hydrogen (secondary N) is 1. The maximum absolute atomic E-state index is 13.9. The van der Waals surface area contributed by atoms with E-state index in [1.807, 2.05) is 4.90 Å². The zero-order valence-corrected chi connectivity index (χ0v) is 20.0. The van der Waals surface area contributed by atoms with Crippen molar-refractivity contribution in [1.29, 1.82) is 0 Å². The molecule has 1 aliphatic heterocycles. The van der Waals surface area contributed by atoms with Crippen LogP contribution < -0.4 is 0 Å². The van der Waals surface area contributed by atoms with Crippen LogP contribution in [0.3, 0.4) is 0 Å². The van der Waals surface area contributed by atoms with Gasteiger partial charge in [-0.2, -0.15) is 5.10 Å². The van der Waals surface area contributed by atoms with Gasteiger partial charge in [0, 0.05) is 36.1 Å². The fourth-order valence-corrected chi connectivity index (χ4v) is 5.73. The van der Waals surface area contributed by atoms with Gasteiger partial charge in [0.1, 0.15) is 5.82 Å². The molecule has 2 aromatic heterocycles. The first-order chi connectivity index (χ1) is 15.4. The Hall–Kier alpha value is -2.54. The first kappa shape index (κ1) is 21.3. The molecule has 1 saturated heterocycles. The van der Waals surface area contributed by atoms with Gasteiger partial charge in [0.15, 0.2) is 4.77 Å². The molecule has 5 rings (SSSR count). The van der Waals surface area contributed by atoms with Gasteiger partial charge < -0.3 is 9.47 Å². The fourth-order valence-electron chi connectivity index (χ4n) is 5.38. The quantitative estimate of drug-likeness (QED) is 0.553. The van der Waals surface area contributed by atoms with Crippen molar-refractivity contribution in [2.24, 2.45) is 0 Å². The first-order valence-corrected chi connectivity index (χ1v) is 12.2. The van der Waals surface area contributed by atoms with E-state index >= 15 is 0 Å². The van der Waals surface area contributed by atoms with E-state index in [2.05, 4.69) is 53.7 Å². The summed E-state index contributed by atoms with van der Waals surface area (Å²) >= 11 is 5.43. The number of hydrogen-bond acceptors (Lipinski definition) is 4. The van der Waals surface area contributed by atoms with Crippen molar-refractivity contribution < 1.29 is 4.79 Å². The number of carbonyl (C=O) groups excluding carboxylic acids is 1. The molecular formula is C25H31N5OS. The number of amides is 1. The predicted octanol–water partition coefficient (Wildman–Crippen LogP) is 5.28. The van der Waals surface area contributed by atoms with Crippen molar-refractivity contribution in [3.63, 3.8) is 0 Å². The van der Waals surface area contributed by atoms with E-state index in [-0.39, 0.29) is 11.9 Å². The monoisotopic (exact) mass is 449 g/mol. The maximum Gasteiger partial charge on any atom is 0.254 e. The van der Waals surface area contributed by atoms with Crippen molar-refractivity contribution in [2.75, 3.05) is 13.1 Å². The summed E-state index contributed by atoms with van der Waals surface area (Å²) in [6, 6.07) is 6.56. The fraction of sp³-hybridized carbons (Fsp3) is 0.520. The number of likely N-dealkylation sites (tertiary alicyclic amines) is 1. The van der Waals surface area contributed by atoms with Crippen molar-refractivity contribution in [3.8, 4) is 0 Å². The largest absolute Gasteiger partial charge is 0.339 e. The van der Waals surface area contributed by atoms with Crippen LogP contribution in [0.1, 0.15) is 84.5 Å². The Kier molecular flexibility index (Phi) is 5.61. The van der Waals surface area contributed by atoms with E-state index in [0.717, 1.165) is 79.6 Å². The van der Waals surface area contributed by atoms with Crippen LogP contribution in [0, 0.1) is 11.7 Å². The molecule has 6 nitrogen and oxygen atoms in total. The molecule has 7 heteroatoms. The molecule has 3 aromatic rings. The number of hydrogen-bond donors (Lipinski definition) is 1. The van der Waals surface area contributed by atoms with Gasteiger partial charge in [-0.25, -0.2) is 0 Å². The molecule has 1 aromatic carbocycles. The molecule has 1 fully saturated rings. The topological polar surface area (TPSA) is 66.8 Å². The normalized spacial score (nSPS) is 17.2. The summed E-state index contributed by atoms with van der Waals surface area (Å²) in [6.07, 6.45) is 6.02. The smallest absolute Gasteiger partial charge is 0.254 e. The van der Waals surface area contributed by atoms with Gasteiger partial charge in [0.05, 0.1) is 11.1 Å². The molecule has 0 unspecified atom stereocenters. The minimum absolute atomic E-state index is 0.169. The van der Waals surface area contributed by atoms with Crippen molar-refractivity contribution in [2.45, 2.75) is 71.3 Å². The average Bonchev–Trinajstić information content (AvgIpc) is 3.19. The number of piperidine rings is 1. The molecular weight excluding hydrogens is 418 g/mol. The van der Waals surface area contributed by atoms with Crippen molar-refractivity contribution >= 4 is 29.0 Å². The van der Waals surface area contributed by atoms with E-state index in [0.29, 0.717) is 10.7 Å². The van der Waals surface area contributed by atoms with Gasteiger partial charge in [0.2, 0.25) is 0 Å². The summed E-state index contributed by atoms with van der Waals surface area (Å²) in [5.74, 6) is 1.52. The van der Waals surface area contributed by atoms with Crippen LogP contribution in [0.4, 0.5) is 0 Å². The number of pyridine rings is 1. The number of aromatic amines is 1. The zero-order chi connectivity index (χ0) is 22.4. The standard InChI is InChI=1S/C25H31N5OS/c1-15(2)30-23(27-28-25(30)32)17-10-12-29(13-11-17)24(31)22-18-6-4-5-7-20(18)26-21-9-8-16(3)14-19(21)22/h8-9,14-15,17H,4-7,10-13H2,1-3H3,(H,28,32). The minimum atomic E-state index is 0.169. The van der Waals surface area contributed by atoms with E-state index < -0.39 is 0 Å². The average molecular weight is 450 g/mol. The Balaban J connectivity index is 1.45. The lowest BCUT2D eigenvalue weighted by Crippen LogP contribution is -2.39. The highest BCUT2D eigenvalue weighted by atomic mass is 32.1. The molecule has 0 radical (unpaired) electrons. The van der Waals surface area contributed by atoms with Gasteiger partial charge in [-0.05, 0) is 89.2 Å². The number of fused-ring (bicyclic) bond motifs is 2. The molecule has 0 bridgehead atoms. The van der Waals surface area contributed by atoms with Crippen LogP contribution in [0.25, 0.3) is 10.9 Å². The lowest BCUT2D eigenvalue weighted by molar-refractivity contribution is 0.0710. The lowest BCUT2D eigenvalue weighted by atomic mass is 9.88.